The van der Waals surface area contributed by atoms with Crippen LogP contribution in [-0.2, 0) is 5.75 Å². The Balaban J connectivity index is 1.65. The lowest BCUT2D eigenvalue weighted by molar-refractivity contribution is 0.0518. The largest absolute Gasteiger partial charge is 0.475 e. The van der Waals surface area contributed by atoms with Crippen LogP contribution >= 0.6 is 23.9 Å². The summed E-state index contributed by atoms with van der Waals surface area (Å²) < 4.78 is 23.9. The first-order chi connectivity index (χ1) is 13.5. The molecule has 2 aromatic rings. The average Bonchev–Trinajstić information content (AvgIpc) is 2.68. The highest BCUT2D eigenvalue weighted by Gasteiger charge is 2.23. The van der Waals surface area contributed by atoms with E-state index in [2.05, 4.69) is 25.9 Å². The van der Waals surface area contributed by atoms with Crippen LogP contribution in [0.4, 0.5) is 10.2 Å². The fourth-order valence-electron chi connectivity index (χ4n) is 2.39. The molecule has 1 fully saturated rings. The van der Waals surface area contributed by atoms with Gasteiger partial charge in [-0.05, 0) is 23.6 Å². The highest BCUT2D eigenvalue weighted by Crippen LogP contribution is 2.28. The highest BCUT2D eigenvalue weighted by molar-refractivity contribution is 7.98. The number of rotatable bonds is 10. The lowest BCUT2D eigenvalue weighted by atomic mass is 10.1. The van der Waals surface area contributed by atoms with Gasteiger partial charge in [0.05, 0.1) is 6.61 Å². The summed E-state index contributed by atoms with van der Waals surface area (Å²) in [6.45, 7) is 3.78. The van der Waals surface area contributed by atoms with Crippen molar-refractivity contribution in [2.75, 3.05) is 31.0 Å². The number of aliphatic hydroxyl groups excluding tert-OH is 2. The summed E-state index contributed by atoms with van der Waals surface area (Å²) in [5.41, 5.74) is 0.954. The maximum atomic E-state index is 13.0. The molecule has 0 aliphatic carbocycles. The average molecular weight is 427 g/mol. The third kappa shape index (κ3) is 6.49. The summed E-state index contributed by atoms with van der Waals surface area (Å²) in [6.07, 6.45) is -0.973. The molecule has 3 rings (SSSR count). The van der Waals surface area contributed by atoms with E-state index >= 15 is 0 Å². The summed E-state index contributed by atoms with van der Waals surface area (Å²) in [5, 5.41) is 18.9. The van der Waals surface area contributed by atoms with Gasteiger partial charge in [0.2, 0.25) is 5.88 Å². The van der Waals surface area contributed by atoms with Crippen LogP contribution in [0.2, 0.25) is 0 Å². The lowest BCUT2D eigenvalue weighted by Gasteiger charge is -2.35. The number of benzene rings is 1. The van der Waals surface area contributed by atoms with Gasteiger partial charge in [-0.3, -0.25) is 0 Å². The molecule has 7 nitrogen and oxygen atoms in total. The normalized spacial score (nSPS) is 15.9. The van der Waals surface area contributed by atoms with Gasteiger partial charge in [-0.25, -0.2) is 13.7 Å². The number of hydrogen-bond acceptors (Lipinski definition) is 9. The number of aliphatic hydroxyl groups is 2. The lowest BCUT2D eigenvalue weighted by Crippen LogP contribution is -2.40. The molecule has 152 valence electrons. The molecule has 10 heteroatoms. The fraction of sp³-hybridized carbons (Fsp3) is 0.444. The SMILES string of the molecule is CC1CN(SNc2cc(OCC(O)CO)nc(SCc3ccc(F)cc3)n2)C1. The standard InChI is InChI=1S/C18H23FN4O3S2/c1-12-7-23(8-12)28-22-16-6-17(26-10-15(25)9-24)21-18(20-16)27-11-13-2-4-14(19)5-3-13/h2-6,12,15,24-25H,7-11H2,1H3,(H,20,21,22). The van der Waals surface area contributed by atoms with E-state index in [1.807, 2.05) is 0 Å². The molecule has 1 unspecified atom stereocenters. The van der Waals surface area contributed by atoms with E-state index in [0.29, 0.717) is 28.5 Å². The van der Waals surface area contributed by atoms with E-state index < -0.39 is 6.10 Å². The number of thioether (sulfide) groups is 1. The zero-order valence-corrected chi connectivity index (χ0v) is 17.0. The number of halogens is 1. The van der Waals surface area contributed by atoms with Crippen LogP contribution in [0.5, 0.6) is 5.88 Å². The second-order valence-electron chi connectivity index (χ2n) is 6.58. The van der Waals surface area contributed by atoms with Crippen LogP contribution in [0, 0.1) is 11.7 Å². The summed E-state index contributed by atoms with van der Waals surface area (Å²) in [7, 11) is 0. The number of anilines is 1. The number of hydrogen-bond donors (Lipinski definition) is 3. The van der Waals surface area contributed by atoms with Crippen molar-refractivity contribution in [3.8, 4) is 5.88 Å². The molecule has 3 N–H and O–H groups in total. The molecule has 1 aliphatic heterocycles. The minimum Gasteiger partial charge on any atom is -0.475 e. The minimum absolute atomic E-state index is 0.0637. The van der Waals surface area contributed by atoms with Crippen LogP contribution in [0.15, 0.2) is 35.5 Å². The summed E-state index contributed by atoms with van der Waals surface area (Å²) >= 11 is 2.88. The van der Waals surface area contributed by atoms with E-state index in [9.17, 15) is 9.50 Å². The summed E-state index contributed by atoms with van der Waals surface area (Å²) in [6, 6.07) is 7.94. The van der Waals surface area contributed by atoms with Gasteiger partial charge in [0.1, 0.15) is 24.3 Å². The predicted molar refractivity (Wildman–Crippen MR) is 109 cm³/mol. The molecule has 0 radical (unpaired) electrons. The first-order valence-corrected chi connectivity index (χ1v) is 10.6. The first-order valence-electron chi connectivity index (χ1n) is 8.88. The molecule has 2 heterocycles. The molecule has 0 bridgehead atoms. The van der Waals surface area contributed by atoms with Gasteiger partial charge in [-0.15, -0.1) is 0 Å². The summed E-state index contributed by atoms with van der Waals surface area (Å²) in [5.74, 6) is 1.91. The van der Waals surface area contributed by atoms with Crippen molar-refractivity contribution < 1.29 is 19.3 Å². The maximum Gasteiger partial charge on any atom is 0.219 e. The minimum atomic E-state index is -0.973. The molecule has 1 aromatic heterocycles. The van der Waals surface area contributed by atoms with E-state index in [1.54, 1.807) is 18.2 Å². The predicted octanol–water partition coefficient (Wildman–Crippen LogP) is 2.57. The Morgan fingerprint density at radius 1 is 1.32 bits per heavy atom. The molecule has 1 aromatic carbocycles. The molecule has 1 aliphatic rings. The Kier molecular flexibility index (Phi) is 7.74. The molecule has 0 amide bonds. The Hall–Kier alpha value is -1.59. The second kappa shape index (κ2) is 10.3. The van der Waals surface area contributed by atoms with Gasteiger partial charge < -0.3 is 19.7 Å². The topological polar surface area (TPSA) is 90.7 Å². The fourth-order valence-corrected chi connectivity index (χ4v) is 4.18. The second-order valence-corrected chi connectivity index (χ2v) is 8.43. The third-order valence-corrected chi connectivity index (χ3v) is 5.68. The number of ether oxygens (including phenoxy) is 1. The molecule has 28 heavy (non-hydrogen) atoms. The van der Waals surface area contributed by atoms with E-state index in [0.717, 1.165) is 18.7 Å². The van der Waals surface area contributed by atoms with Crippen molar-refractivity contribution in [3.63, 3.8) is 0 Å². The molecular formula is C18H23FN4O3S2. The highest BCUT2D eigenvalue weighted by atomic mass is 32.2. The maximum absolute atomic E-state index is 13.0. The van der Waals surface area contributed by atoms with Gasteiger partial charge in [0, 0.05) is 37.0 Å². The van der Waals surface area contributed by atoms with Gasteiger partial charge in [0.25, 0.3) is 0 Å². The number of nitrogens with one attached hydrogen (secondary N) is 1. The zero-order chi connectivity index (χ0) is 19.9. The van der Waals surface area contributed by atoms with Gasteiger partial charge in [0.15, 0.2) is 5.16 Å². The van der Waals surface area contributed by atoms with Crippen molar-refractivity contribution in [2.45, 2.75) is 23.9 Å². The monoisotopic (exact) mass is 426 g/mol. The van der Waals surface area contributed by atoms with Crippen LogP contribution in [0.3, 0.4) is 0 Å². The molecule has 1 atom stereocenters. The van der Waals surface area contributed by atoms with Crippen molar-refractivity contribution in [1.82, 2.24) is 14.3 Å². The molecule has 1 saturated heterocycles. The zero-order valence-electron chi connectivity index (χ0n) is 15.4. The Morgan fingerprint density at radius 2 is 2.07 bits per heavy atom. The van der Waals surface area contributed by atoms with Crippen molar-refractivity contribution in [1.29, 1.82) is 0 Å². The quantitative estimate of drug-likeness (QED) is 0.301. The van der Waals surface area contributed by atoms with Crippen molar-refractivity contribution in [2.24, 2.45) is 5.92 Å². The first kappa shape index (κ1) is 21.1. The van der Waals surface area contributed by atoms with Crippen molar-refractivity contribution >= 4 is 29.7 Å². The Bertz CT molecular complexity index is 763. The van der Waals surface area contributed by atoms with Crippen LogP contribution < -0.4 is 9.46 Å². The van der Waals surface area contributed by atoms with Crippen LogP contribution in [-0.4, -0.2) is 56.9 Å². The molecule has 0 saturated carbocycles. The number of aromatic nitrogens is 2. The van der Waals surface area contributed by atoms with E-state index in [-0.39, 0.29) is 19.0 Å². The van der Waals surface area contributed by atoms with E-state index in [1.165, 1.54) is 36.0 Å². The molecule has 0 spiro atoms. The van der Waals surface area contributed by atoms with Gasteiger partial charge >= 0.3 is 0 Å². The van der Waals surface area contributed by atoms with E-state index in [4.69, 9.17) is 9.84 Å². The van der Waals surface area contributed by atoms with Crippen LogP contribution in [0.25, 0.3) is 0 Å². The third-order valence-electron chi connectivity index (χ3n) is 3.91. The Labute approximate surface area is 172 Å². The molecular weight excluding hydrogens is 403 g/mol. The van der Waals surface area contributed by atoms with Gasteiger partial charge in [-0.1, -0.05) is 30.8 Å². The van der Waals surface area contributed by atoms with Crippen LogP contribution in [0.1, 0.15) is 12.5 Å². The van der Waals surface area contributed by atoms with Gasteiger partial charge in [-0.2, -0.15) is 4.98 Å². The summed E-state index contributed by atoms with van der Waals surface area (Å²) in [4.78, 5) is 8.84. The smallest absolute Gasteiger partial charge is 0.219 e. The number of nitrogens with zero attached hydrogens (tertiary/aromatic N) is 3. The van der Waals surface area contributed by atoms with Crippen molar-refractivity contribution in [3.05, 3.63) is 41.7 Å². The Morgan fingerprint density at radius 3 is 2.75 bits per heavy atom.